The largest absolute Gasteiger partial charge is 0.0714 e. The van der Waals surface area contributed by atoms with Crippen LogP contribution in [-0.4, -0.2) is 0 Å². The summed E-state index contributed by atoms with van der Waals surface area (Å²) in [6, 6.07) is 44.4. The van der Waals surface area contributed by atoms with Crippen molar-refractivity contribution in [1.82, 2.24) is 0 Å². The Bertz CT molecular complexity index is 1450. The zero-order valence-electron chi connectivity index (χ0n) is 18.4. The Morgan fingerprint density at radius 1 is 0.515 bits per heavy atom. The van der Waals surface area contributed by atoms with Crippen LogP contribution in [0.3, 0.4) is 0 Å². The van der Waals surface area contributed by atoms with E-state index in [1.165, 1.54) is 50.1 Å². The molecule has 0 saturated carbocycles. The van der Waals surface area contributed by atoms with Crippen LogP contribution in [0.15, 0.2) is 126 Å². The first kappa shape index (κ1) is 20.2. The van der Waals surface area contributed by atoms with E-state index in [0.717, 1.165) is 4.47 Å². The van der Waals surface area contributed by atoms with Crippen LogP contribution in [0, 0.1) is 6.92 Å². The van der Waals surface area contributed by atoms with Crippen LogP contribution in [0.2, 0.25) is 0 Å². The molecule has 0 fully saturated rings. The van der Waals surface area contributed by atoms with E-state index in [1.807, 2.05) is 0 Å². The van der Waals surface area contributed by atoms with Crippen LogP contribution >= 0.6 is 15.9 Å². The maximum Gasteiger partial charge on any atom is 0.0714 e. The van der Waals surface area contributed by atoms with Gasteiger partial charge in [0.25, 0.3) is 0 Å². The van der Waals surface area contributed by atoms with Crippen molar-refractivity contribution in [2.75, 3.05) is 0 Å². The number of benzene rings is 5. The smallest absolute Gasteiger partial charge is 0.0622 e. The van der Waals surface area contributed by atoms with Crippen molar-refractivity contribution < 1.29 is 0 Å². The molecular formula is C32H23Br. The third kappa shape index (κ3) is 3.11. The summed E-state index contributed by atoms with van der Waals surface area (Å²) in [6.45, 7) is 2.15. The summed E-state index contributed by atoms with van der Waals surface area (Å²) in [6.07, 6.45) is 0. The van der Waals surface area contributed by atoms with Gasteiger partial charge in [-0.1, -0.05) is 125 Å². The molecule has 0 aromatic heterocycles. The lowest BCUT2D eigenvalue weighted by molar-refractivity contribution is 0.767. The Balaban J connectivity index is 1.75. The van der Waals surface area contributed by atoms with Crippen molar-refractivity contribution in [3.8, 4) is 22.3 Å². The molecule has 0 spiro atoms. The van der Waals surface area contributed by atoms with E-state index >= 15 is 0 Å². The molecule has 158 valence electrons. The van der Waals surface area contributed by atoms with Crippen molar-refractivity contribution in [3.05, 3.63) is 154 Å². The molecule has 6 rings (SSSR count). The lowest BCUT2D eigenvalue weighted by Gasteiger charge is -2.34. The third-order valence-corrected chi connectivity index (χ3v) is 7.39. The molecule has 0 heterocycles. The highest BCUT2D eigenvalue weighted by atomic mass is 79.9. The van der Waals surface area contributed by atoms with Gasteiger partial charge in [0.05, 0.1) is 5.41 Å². The molecule has 5 aromatic carbocycles. The van der Waals surface area contributed by atoms with Gasteiger partial charge in [0, 0.05) is 4.47 Å². The Hall–Kier alpha value is -3.42. The fraction of sp³-hybridized carbons (Fsp3) is 0.0625. The van der Waals surface area contributed by atoms with Gasteiger partial charge in [-0.3, -0.25) is 0 Å². The summed E-state index contributed by atoms with van der Waals surface area (Å²) in [7, 11) is 0. The molecule has 5 aromatic rings. The first-order valence-corrected chi connectivity index (χ1v) is 12.1. The molecule has 0 radical (unpaired) electrons. The number of rotatable bonds is 3. The molecule has 0 nitrogen and oxygen atoms in total. The van der Waals surface area contributed by atoms with E-state index < -0.39 is 0 Å². The normalized spacial score (nSPS) is 16.3. The lowest BCUT2D eigenvalue weighted by Crippen LogP contribution is -2.28. The fourth-order valence-corrected chi connectivity index (χ4v) is 5.75. The van der Waals surface area contributed by atoms with Crippen molar-refractivity contribution in [1.29, 1.82) is 0 Å². The summed E-state index contributed by atoms with van der Waals surface area (Å²) < 4.78 is 1.10. The average molecular weight is 487 g/mol. The minimum atomic E-state index is -0.381. The summed E-state index contributed by atoms with van der Waals surface area (Å²) in [5.74, 6) is 0. The molecule has 0 N–H and O–H groups in total. The zero-order valence-corrected chi connectivity index (χ0v) is 20.0. The van der Waals surface area contributed by atoms with Crippen LogP contribution in [0.25, 0.3) is 22.3 Å². The molecule has 1 unspecified atom stereocenters. The third-order valence-electron chi connectivity index (χ3n) is 6.90. The van der Waals surface area contributed by atoms with Gasteiger partial charge in [0.2, 0.25) is 0 Å². The molecule has 0 amide bonds. The van der Waals surface area contributed by atoms with Gasteiger partial charge < -0.3 is 0 Å². The van der Waals surface area contributed by atoms with Gasteiger partial charge in [-0.15, -0.1) is 0 Å². The van der Waals surface area contributed by atoms with Crippen LogP contribution in [0.4, 0.5) is 0 Å². The highest BCUT2D eigenvalue weighted by Crippen LogP contribution is 2.57. The van der Waals surface area contributed by atoms with Crippen molar-refractivity contribution >= 4 is 15.9 Å². The second kappa shape index (κ2) is 7.86. The number of halogens is 1. The van der Waals surface area contributed by atoms with Gasteiger partial charge >= 0.3 is 0 Å². The Labute approximate surface area is 203 Å². The van der Waals surface area contributed by atoms with Gasteiger partial charge in [-0.2, -0.15) is 0 Å². The van der Waals surface area contributed by atoms with E-state index in [0.29, 0.717) is 0 Å². The molecular weight excluding hydrogens is 464 g/mol. The topological polar surface area (TPSA) is 0 Å². The Morgan fingerprint density at radius 2 is 1.09 bits per heavy atom. The second-order valence-electron chi connectivity index (χ2n) is 8.80. The SMILES string of the molecule is Cc1ccc(C2(c3ccccc3)c3cc(Br)ccc3-c3ccc(-c4ccccc4)cc32)cc1. The first-order chi connectivity index (χ1) is 16.2. The summed E-state index contributed by atoms with van der Waals surface area (Å²) in [4.78, 5) is 0. The van der Waals surface area contributed by atoms with Crippen LogP contribution in [0.1, 0.15) is 27.8 Å². The van der Waals surface area contributed by atoms with Gasteiger partial charge in [0.1, 0.15) is 0 Å². The number of hydrogen-bond donors (Lipinski definition) is 0. The molecule has 1 atom stereocenters. The quantitative estimate of drug-likeness (QED) is 0.234. The summed E-state index contributed by atoms with van der Waals surface area (Å²) in [5, 5.41) is 0. The van der Waals surface area contributed by atoms with E-state index in [1.54, 1.807) is 0 Å². The van der Waals surface area contributed by atoms with E-state index in [4.69, 9.17) is 0 Å². The monoisotopic (exact) mass is 486 g/mol. The van der Waals surface area contributed by atoms with Gasteiger partial charge in [0.15, 0.2) is 0 Å². The maximum atomic E-state index is 3.77. The van der Waals surface area contributed by atoms with Crippen LogP contribution in [0.5, 0.6) is 0 Å². The van der Waals surface area contributed by atoms with Crippen LogP contribution in [-0.2, 0) is 5.41 Å². The number of hydrogen-bond acceptors (Lipinski definition) is 0. The number of aryl methyl sites for hydroxylation is 1. The first-order valence-electron chi connectivity index (χ1n) is 11.3. The predicted molar refractivity (Wildman–Crippen MR) is 142 cm³/mol. The summed E-state index contributed by atoms with van der Waals surface area (Å²) >= 11 is 3.77. The molecule has 1 heteroatoms. The molecule has 0 aliphatic heterocycles. The predicted octanol–water partition coefficient (Wildman–Crippen LogP) is 8.79. The summed E-state index contributed by atoms with van der Waals surface area (Å²) in [5.41, 5.74) is 11.2. The molecule has 1 aliphatic carbocycles. The molecule has 0 saturated heterocycles. The van der Waals surface area contributed by atoms with Crippen molar-refractivity contribution in [3.63, 3.8) is 0 Å². The highest BCUT2D eigenvalue weighted by molar-refractivity contribution is 9.10. The highest BCUT2D eigenvalue weighted by Gasteiger charge is 2.46. The fourth-order valence-electron chi connectivity index (χ4n) is 5.39. The zero-order chi connectivity index (χ0) is 22.4. The maximum absolute atomic E-state index is 3.77. The van der Waals surface area contributed by atoms with E-state index in [2.05, 4.69) is 144 Å². The lowest BCUT2D eigenvalue weighted by atomic mass is 9.67. The van der Waals surface area contributed by atoms with Gasteiger partial charge in [-0.05, 0) is 69.6 Å². The van der Waals surface area contributed by atoms with E-state index in [-0.39, 0.29) is 5.41 Å². The molecule has 33 heavy (non-hydrogen) atoms. The Kier molecular flexibility index (Phi) is 4.81. The van der Waals surface area contributed by atoms with Crippen LogP contribution < -0.4 is 0 Å². The van der Waals surface area contributed by atoms with Gasteiger partial charge in [-0.25, -0.2) is 0 Å². The second-order valence-corrected chi connectivity index (χ2v) is 9.71. The minimum Gasteiger partial charge on any atom is -0.0622 e. The minimum absolute atomic E-state index is 0.381. The average Bonchev–Trinajstić information content (AvgIpc) is 3.15. The van der Waals surface area contributed by atoms with E-state index in [9.17, 15) is 0 Å². The standard InChI is InChI=1S/C32H23Br/c1-22-12-15-26(16-13-22)32(25-10-6-3-7-11-25)30-20-24(23-8-4-2-5-9-23)14-18-28(30)29-19-17-27(33)21-31(29)32/h2-21H,1H3. The van der Waals surface area contributed by atoms with Crippen molar-refractivity contribution in [2.45, 2.75) is 12.3 Å². The molecule has 1 aliphatic rings. The number of fused-ring (bicyclic) bond motifs is 3. The van der Waals surface area contributed by atoms with Crippen molar-refractivity contribution in [2.24, 2.45) is 0 Å². The molecule has 0 bridgehead atoms. The Morgan fingerprint density at radius 3 is 1.79 bits per heavy atom.